The van der Waals surface area contributed by atoms with Crippen molar-refractivity contribution in [2.24, 2.45) is 4.99 Å². The van der Waals surface area contributed by atoms with Crippen molar-refractivity contribution in [3.05, 3.63) is 95.3 Å². The number of nitrogens with zero attached hydrogens (tertiary/aromatic N) is 1. The third-order valence-corrected chi connectivity index (χ3v) is 3.73. The van der Waals surface area contributed by atoms with Gasteiger partial charge in [0, 0.05) is 6.21 Å². The summed E-state index contributed by atoms with van der Waals surface area (Å²) in [7, 11) is 0. The SMILES string of the molecule is O=C(Oc1ccc(C(F)(F)F)cc1)c1ccc(C=Nc2ccc(F)cc2)cc1. The van der Waals surface area contributed by atoms with Crippen LogP contribution in [0, 0.1) is 5.82 Å². The molecule has 0 N–H and O–H groups in total. The number of halogens is 4. The summed E-state index contributed by atoms with van der Waals surface area (Å²) in [6.45, 7) is 0. The van der Waals surface area contributed by atoms with Crippen LogP contribution in [0.25, 0.3) is 0 Å². The molecule has 7 heteroatoms. The van der Waals surface area contributed by atoms with Crippen LogP contribution in [0.4, 0.5) is 23.2 Å². The minimum atomic E-state index is -4.45. The van der Waals surface area contributed by atoms with Gasteiger partial charge in [0.05, 0.1) is 16.8 Å². The fourth-order valence-corrected chi connectivity index (χ4v) is 2.26. The van der Waals surface area contributed by atoms with E-state index in [0.717, 1.165) is 24.3 Å². The molecule has 0 atom stereocenters. The van der Waals surface area contributed by atoms with E-state index in [4.69, 9.17) is 4.74 Å². The fraction of sp³-hybridized carbons (Fsp3) is 0.0476. The Kier molecular flexibility index (Phi) is 5.54. The van der Waals surface area contributed by atoms with E-state index < -0.39 is 17.7 Å². The molecular weight excluding hydrogens is 374 g/mol. The molecule has 3 rings (SSSR count). The van der Waals surface area contributed by atoms with Crippen molar-refractivity contribution in [1.82, 2.24) is 0 Å². The average Bonchev–Trinajstić information content (AvgIpc) is 2.67. The van der Waals surface area contributed by atoms with Gasteiger partial charge in [0.15, 0.2) is 0 Å². The maximum Gasteiger partial charge on any atom is 0.416 e. The molecule has 0 bridgehead atoms. The number of aliphatic imine (C=N–C) groups is 1. The number of rotatable bonds is 4. The maximum atomic E-state index is 12.9. The standard InChI is InChI=1S/C21H13F4NO2/c22-17-7-9-18(10-8-17)26-13-14-1-3-15(4-2-14)20(27)28-19-11-5-16(6-12-19)21(23,24)25/h1-13H. The van der Waals surface area contributed by atoms with E-state index in [1.54, 1.807) is 18.3 Å². The van der Waals surface area contributed by atoms with E-state index >= 15 is 0 Å². The number of alkyl halides is 3. The number of esters is 1. The van der Waals surface area contributed by atoms with Crippen LogP contribution < -0.4 is 4.74 Å². The largest absolute Gasteiger partial charge is 0.423 e. The Morgan fingerprint density at radius 2 is 1.46 bits per heavy atom. The van der Waals surface area contributed by atoms with Crippen LogP contribution >= 0.6 is 0 Å². The molecule has 28 heavy (non-hydrogen) atoms. The van der Waals surface area contributed by atoms with Gasteiger partial charge >= 0.3 is 12.1 Å². The molecule has 0 fully saturated rings. The maximum absolute atomic E-state index is 12.9. The van der Waals surface area contributed by atoms with Crippen LogP contribution in [0.2, 0.25) is 0 Å². The van der Waals surface area contributed by atoms with E-state index in [1.165, 1.54) is 36.4 Å². The molecule has 3 nitrogen and oxygen atoms in total. The van der Waals surface area contributed by atoms with Gasteiger partial charge in [-0.25, -0.2) is 9.18 Å². The Bertz CT molecular complexity index is 977. The van der Waals surface area contributed by atoms with Crippen LogP contribution in [0.5, 0.6) is 5.75 Å². The van der Waals surface area contributed by atoms with E-state index in [-0.39, 0.29) is 17.1 Å². The van der Waals surface area contributed by atoms with E-state index in [2.05, 4.69) is 4.99 Å². The molecule has 142 valence electrons. The zero-order valence-electron chi connectivity index (χ0n) is 14.3. The summed E-state index contributed by atoms with van der Waals surface area (Å²) < 4.78 is 55.5. The van der Waals surface area contributed by atoms with Crippen molar-refractivity contribution in [2.75, 3.05) is 0 Å². The summed E-state index contributed by atoms with van der Waals surface area (Å²) in [4.78, 5) is 16.3. The lowest BCUT2D eigenvalue weighted by Gasteiger charge is -2.08. The third-order valence-electron chi connectivity index (χ3n) is 3.73. The van der Waals surface area contributed by atoms with Gasteiger partial charge in [-0.1, -0.05) is 12.1 Å². The molecule has 0 saturated carbocycles. The number of hydrogen-bond donors (Lipinski definition) is 0. The average molecular weight is 387 g/mol. The predicted octanol–water partition coefficient (Wildman–Crippen LogP) is 5.81. The summed E-state index contributed by atoms with van der Waals surface area (Å²) >= 11 is 0. The molecule has 0 aliphatic carbocycles. The second-order valence-electron chi connectivity index (χ2n) is 5.77. The smallest absolute Gasteiger partial charge is 0.416 e. The summed E-state index contributed by atoms with van der Waals surface area (Å²) in [6, 6.07) is 15.8. The summed E-state index contributed by atoms with van der Waals surface area (Å²) in [5, 5.41) is 0. The van der Waals surface area contributed by atoms with Gasteiger partial charge in [-0.3, -0.25) is 4.99 Å². The lowest BCUT2D eigenvalue weighted by molar-refractivity contribution is -0.137. The Morgan fingerprint density at radius 3 is 2.04 bits per heavy atom. The molecule has 0 aromatic heterocycles. The molecule has 0 aliphatic rings. The van der Waals surface area contributed by atoms with Crippen molar-refractivity contribution in [2.45, 2.75) is 6.18 Å². The Hall–Kier alpha value is -3.48. The monoisotopic (exact) mass is 387 g/mol. The summed E-state index contributed by atoms with van der Waals surface area (Å²) in [5.41, 5.74) is 0.693. The summed E-state index contributed by atoms with van der Waals surface area (Å²) in [5.74, 6) is -1.03. The second-order valence-corrected chi connectivity index (χ2v) is 5.77. The van der Waals surface area contributed by atoms with Gasteiger partial charge in [0.25, 0.3) is 0 Å². The third kappa shape index (κ3) is 5.03. The topological polar surface area (TPSA) is 38.7 Å². The minimum Gasteiger partial charge on any atom is -0.423 e. The van der Waals surface area contributed by atoms with Gasteiger partial charge in [-0.05, 0) is 66.2 Å². The van der Waals surface area contributed by atoms with Crippen LogP contribution in [0.15, 0.2) is 77.8 Å². The highest BCUT2D eigenvalue weighted by atomic mass is 19.4. The van der Waals surface area contributed by atoms with Gasteiger partial charge in [0.2, 0.25) is 0 Å². The van der Waals surface area contributed by atoms with Crippen LogP contribution in [-0.4, -0.2) is 12.2 Å². The number of benzene rings is 3. The Labute approximate surface area is 157 Å². The van der Waals surface area contributed by atoms with E-state index in [9.17, 15) is 22.4 Å². The number of carbonyl (C=O) groups is 1. The van der Waals surface area contributed by atoms with Crippen molar-refractivity contribution < 1.29 is 27.1 Å². The van der Waals surface area contributed by atoms with Crippen LogP contribution in [0.3, 0.4) is 0 Å². The number of carbonyl (C=O) groups excluding carboxylic acids is 1. The zero-order chi connectivity index (χ0) is 20.1. The molecule has 0 spiro atoms. The van der Waals surface area contributed by atoms with Gasteiger partial charge < -0.3 is 4.74 Å². The van der Waals surface area contributed by atoms with Crippen molar-refractivity contribution in [1.29, 1.82) is 0 Å². The van der Waals surface area contributed by atoms with Crippen molar-refractivity contribution in [3.63, 3.8) is 0 Å². The molecule has 0 radical (unpaired) electrons. The van der Waals surface area contributed by atoms with Crippen LogP contribution in [0.1, 0.15) is 21.5 Å². The van der Waals surface area contributed by atoms with E-state index in [1.807, 2.05) is 0 Å². The lowest BCUT2D eigenvalue weighted by Crippen LogP contribution is -2.09. The molecular formula is C21H13F4NO2. The molecule has 0 aliphatic heterocycles. The highest BCUT2D eigenvalue weighted by molar-refractivity contribution is 5.92. The number of ether oxygens (including phenoxy) is 1. The quantitative estimate of drug-likeness (QED) is 0.245. The zero-order valence-corrected chi connectivity index (χ0v) is 14.3. The molecule has 0 heterocycles. The molecule has 3 aromatic rings. The Balaban J connectivity index is 1.64. The Morgan fingerprint density at radius 1 is 0.857 bits per heavy atom. The highest BCUT2D eigenvalue weighted by Gasteiger charge is 2.30. The fourth-order valence-electron chi connectivity index (χ4n) is 2.26. The first-order valence-corrected chi connectivity index (χ1v) is 8.10. The van der Waals surface area contributed by atoms with Crippen LogP contribution in [-0.2, 0) is 6.18 Å². The first-order valence-electron chi connectivity index (χ1n) is 8.10. The second kappa shape index (κ2) is 8.04. The van der Waals surface area contributed by atoms with E-state index in [0.29, 0.717) is 11.3 Å². The number of hydrogen-bond acceptors (Lipinski definition) is 3. The minimum absolute atomic E-state index is 0.0138. The molecule has 0 unspecified atom stereocenters. The lowest BCUT2D eigenvalue weighted by atomic mass is 10.1. The van der Waals surface area contributed by atoms with Gasteiger partial charge in [0.1, 0.15) is 11.6 Å². The predicted molar refractivity (Wildman–Crippen MR) is 96.5 cm³/mol. The molecule has 0 amide bonds. The highest BCUT2D eigenvalue weighted by Crippen LogP contribution is 2.30. The van der Waals surface area contributed by atoms with Gasteiger partial charge in [-0.15, -0.1) is 0 Å². The molecule has 3 aromatic carbocycles. The van der Waals surface area contributed by atoms with Crippen molar-refractivity contribution >= 4 is 17.9 Å². The summed E-state index contributed by atoms with van der Waals surface area (Å²) in [6.07, 6.45) is -2.90. The first kappa shape index (κ1) is 19.3. The first-order chi connectivity index (χ1) is 13.3. The van der Waals surface area contributed by atoms with Crippen molar-refractivity contribution in [3.8, 4) is 5.75 Å². The molecule has 0 saturated heterocycles. The normalized spacial score (nSPS) is 11.6. The van der Waals surface area contributed by atoms with Gasteiger partial charge in [-0.2, -0.15) is 13.2 Å².